The molecule has 0 aliphatic carbocycles. The number of esters is 1. The summed E-state index contributed by atoms with van der Waals surface area (Å²) in [4.78, 5) is 11.3. The minimum Gasteiger partial charge on any atom is -0.460 e. The number of halogens is 1. The Bertz CT molecular complexity index is 502. The summed E-state index contributed by atoms with van der Waals surface area (Å²) in [5, 5.41) is 0.554. The van der Waals surface area contributed by atoms with Gasteiger partial charge in [-0.05, 0) is 31.2 Å². The smallest absolute Gasteiger partial charge is 0.374 e. The molecule has 3 nitrogen and oxygen atoms in total. The highest BCUT2D eigenvalue weighted by molar-refractivity contribution is 5.92. The normalized spacial score (nSPS) is 10.5. The molecule has 0 atom stereocenters. The minimum atomic E-state index is -0.533. The molecule has 0 saturated heterocycles. The van der Waals surface area contributed by atoms with Gasteiger partial charge in [-0.2, -0.15) is 0 Å². The third kappa shape index (κ3) is 1.83. The van der Waals surface area contributed by atoms with Gasteiger partial charge in [0.15, 0.2) is 0 Å². The molecule has 1 heterocycles. The Morgan fingerprint density at radius 3 is 3.00 bits per heavy atom. The van der Waals surface area contributed by atoms with Gasteiger partial charge < -0.3 is 9.15 Å². The lowest BCUT2D eigenvalue weighted by Crippen LogP contribution is -2.02. The van der Waals surface area contributed by atoms with Crippen molar-refractivity contribution in [3.63, 3.8) is 0 Å². The number of furan rings is 1. The number of ether oxygens (including phenoxy) is 1. The Morgan fingerprint density at radius 1 is 1.47 bits per heavy atom. The van der Waals surface area contributed by atoms with E-state index in [0.29, 0.717) is 11.0 Å². The molecule has 0 fully saturated rings. The van der Waals surface area contributed by atoms with Crippen molar-refractivity contribution < 1.29 is 18.3 Å². The molecule has 1 aromatic heterocycles. The van der Waals surface area contributed by atoms with E-state index in [1.54, 1.807) is 6.92 Å². The summed E-state index contributed by atoms with van der Waals surface area (Å²) in [6.45, 7) is 1.99. The Kier molecular flexibility index (Phi) is 2.41. The summed E-state index contributed by atoms with van der Waals surface area (Å²) in [5.74, 6) is -0.801. The number of benzene rings is 1. The first-order valence-electron chi connectivity index (χ1n) is 4.57. The second-order valence-corrected chi connectivity index (χ2v) is 3.01. The molecule has 0 unspecified atom stereocenters. The Balaban J connectivity index is 2.42. The van der Waals surface area contributed by atoms with Gasteiger partial charge in [0.1, 0.15) is 11.4 Å². The van der Waals surface area contributed by atoms with Gasteiger partial charge in [-0.15, -0.1) is 0 Å². The molecule has 0 aliphatic heterocycles. The zero-order chi connectivity index (χ0) is 10.8. The van der Waals surface area contributed by atoms with Crippen LogP contribution >= 0.6 is 0 Å². The fourth-order valence-electron chi connectivity index (χ4n) is 1.32. The van der Waals surface area contributed by atoms with Crippen molar-refractivity contribution in [2.45, 2.75) is 6.92 Å². The first-order valence-corrected chi connectivity index (χ1v) is 4.57. The number of fused-ring (bicyclic) bond motifs is 1. The molecule has 1 aromatic carbocycles. The van der Waals surface area contributed by atoms with Crippen LogP contribution in [0.5, 0.6) is 0 Å². The van der Waals surface area contributed by atoms with E-state index in [0.717, 1.165) is 0 Å². The van der Waals surface area contributed by atoms with Crippen molar-refractivity contribution in [3.8, 4) is 0 Å². The van der Waals surface area contributed by atoms with Crippen LogP contribution in [0.2, 0.25) is 0 Å². The van der Waals surface area contributed by atoms with Gasteiger partial charge in [0.25, 0.3) is 0 Å². The third-order valence-corrected chi connectivity index (χ3v) is 1.95. The largest absolute Gasteiger partial charge is 0.460 e. The monoisotopic (exact) mass is 208 g/mol. The SMILES string of the molecule is CCOC(=O)c1cc2cc(F)ccc2o1. The van der Waals surface area contributed by atoms with E-state index in [9.17, 15) is 9.18 Å². The van der Waals surface area contributed by atoms with Gasteiger partial charge >= 0.3 is 5.97 Å². The third-order valence-electron chi connectivity index (χ3n) is 1.95. The molecule has 0 N–H and O–H groups in total. The molecule has 78 valence electrons. The summed E-state index contributed by atoms with van der Waals surface area (Å²) in [6.07, 6.45) is 0. The van der Waals surface area contributed by atoms with E-state index in [2.05, 4.69) is 0 Å². The van der Waals surface area contributed by atoms with E-state index in [1.165, 1.54) is 24.3 Å². The average Bonchev–Trinajstić information content (AvgIpc) is 2.60. The molecule has 0 saturated carbocycles. The number of carbonyl (C=O) groups is 1. The molecular formula is C11H9FO3. The second kappa shape index (κ2) is 3.73. The van der Waals surface area contributed by atoms with Gasteiger partial charge in [0, 0.05) is 5.39 Å². The quantitative estimate of drug-likeness (QED) is 0.712. The number of rotatable bonds is 2. The second-order valence-electron chi connectivity index (χ2n) is 3.01. The van der Waals surface area contributed by atoms with E-state index >= 15 is 0 Å². The molecule has 2 aromatic rings. The minimum absolute atomic E-state index is 0.0949. The van der Waals surface area contributed by atoms with Crippen LogP contribution in [-0.4, -0.2) is 12.6 Å². The van der Waals surface area contributed by atoms with Crippen LogP contribution in [0.4, 0.5) is 4.39 Å². The fraction of sp³-hybridized carbons (Fsp3) is 0.182. The zero-order valence-corrected chi connectivity index (χ0v) is 8.12. The summed E-state index contributed by atoms with van der Waals surface area (Å²) >= 11 is 0. The highest BCUT2D eigenvalue weighted by Crippen LogP contribution is 2.20. The van der Waals surface area contributed by atoms with Gasteiger partial charge in [-0.25, -0.2) is 9.18 Å². The van der Waals surface area contributed by atoms with Crippen molar-refractivity contribution in [1.82, 2.24) is 0 Å². The molecule has 0 bridgehead atoms. The molecule has 2 rings (SSSR count). The van der Waals surface area contributed by atoms with Gasteiger partial charge in [0.05, 0.1) is 6.61 Å². The van der Waals surface area contributed by atoms with Crippen molar-refractivity contribution in [2.24, 2.45) is 0 Å². The first kappa shape index (κ1) is 9.71. The Labute approximate surface area is 85.4 Å². The lowest BCUT2D eigenvalue weighted by Gasteiger charge is -1.95. The molecule has 0 spiro atoms. The topological polar surface area (TPSA) is 39.4 Å². The standard InChI is InChI=1S/C11H9FO3/c1-2-14-11(13)10-6-7-5-8(12)3-4-9(7)15-10/h3-6H,2H2,1H3. The van der Waals surface area contributed by atoms with Crippen molar-refractivity contribution in [1.29, 1.82) is 0 Å². The highest BCUT2D eigenvalue weighted by atomic mass is 19.1. The molecule has 0 aliphatic rings. The van der Waals surface area contributed by atoms with Crippen LogP contribution < -0.4 is 0 Å². The van der Waals surface area contributed by atoms with E-state index in [1.807, 2.05) is 0 Å². The molecule has 0 amide bonds. The van der Waals surface area contributed by atoms with Gasteiger partial charge in [-0.3, -0.25) is 0 Å². The van der Waals surface area contributed by atoms with Gasteiger partial charge in [-0.1, -0.05) is 0 Å². The molecular weight excluding hydrogens is 199 g/mol. The maximum atomic E-state index is 12.8. The average molecular weight is 208 g/mol. The maximum Gasteiger partial charge on any atom is 0.374 e. The van der Waals surface area contributed by atoms with Crippen LogP contribution in [0.1, 0.15) is 17.5 Å². The van der Waals surface area contributed by atoms with Gasteiger partial charge in [0.2, 0.25) is 5.76 Å². The van der Waals surface area contributed by atoms with E-state index in [4.69, 9.17) is 9.15 Å². The van der Waals surface area contributed by atoms with Crippen LogP contribution in [0.25, 0.3) is 11.0 Å². The van der Waals surface area contributed by atoms with Crippen LogP contribution in [-0.2, 0) is 4.74 Å². The highest BCUT2D eigenvalue weighted by Gasteiger charge is 2.13. The van der Waals surface area contributed by atoms with Crippen molar-refractivity contribution in [3.05, 3.63) is 35.8 Å². The van der Waals surface area contributed by atoms with Crippen LogP contribution in [0.3, 0.4) is 0 Å². The Hall–Kier alpha value is -1.84. The van der Waals surface area contributed by atoms with Crippen LogP contribution in [0, 0.1) is 5.82 Å². The van der Waals surface area contributed by atoms with E-state index in [-0.39, 0.29) is 18.2 Å². The molecule has 0 radical (unpaired) electrons. The zero-order valence-electron chi connectivity index (χ0n) is 8.12. The lowest BCUT2D eigenvalue weighted by molar-refractivity contribution is 0.0492. The first-order chi connectivity index (χ1) is 7.20. The molecule has 4 heteroatoms. The predicted octanol–water partition coefficient (Wildman–Crippen LogP) is 2.75. The number of carbonyl (C=O) groups excluding carboxylic acids is 1. The Morgan fingerprint density at radius 2 is 2.27 bits per heavy atom. The summed E-state index contributed by atoms with van der Waals surface area (Å²) in [5.41, 5.74) is 0.472. The van der Waals surface area contributed by atoms with E-state index < -0.39 is 5.97 Å². The predicted molar refractivity (Wildman–Crippen MR) is 52.1 cm³/mol. The summed E-state index contributed by atoms with van der Waals surface area (Å²) in [6, 6.07) is 5.53. The van der Waals surface area contributed by atoms with Crippen LogP contribution in [0.15, 0.2) is 28.7 Å². The number of hydrogen-bond donors (Lipinski definition) is 0. The summed E-state index contributed by atoms with van der Waals surface area (Å²) < 4.78 is 22.8. The van der Waals surface area contributed by atoms with Crippen molar-refractivity contribution >= 4 is 16.9 Å². The summed E-state index contributed by atoms with van der Waals surface area (Å²) in [7, 11) is 0. The fourth-order valence-corrected chi connectivity index (χ4v) is 1.32. The maximum absolute atomic E-state index is 12.8. The lowest BCUT2D eigenvalue weighted by atomic mass is 10.2. The molecule has 15 heavy (non-hydrogen) atoms. The van der Waals surface area contributed by atoms with Crippen molar-refractivity contribution in [2.75, 3.05) is 6.61 Å². The number of hydrogen-bond acceptors (Lipinski definition) is 3.